The minimum Gasteiger partial charge on any atom is -0.489 e. The molecule has 0 fully saturated rings. The first-order valence-electron chi connectivity index (χ1n) is 10.5. The summed E-state index contributed by atoms with van der Waals surface area (Å²) in [6, 6.07) is 26.2. The van der Waals surface area contributed by atoms with Gasteiger partial charge in [0.15, 0.2) is 0 Å². The molecule has 4 aromatic rings. The number of amides is 1. The molecule has 1 atom stereocenters. The molecule has 1 aromatic heterocycles. The Bertz CT molecular complexity index is 1200. The number of H-pyrrole nitrogens is 1. The SMILES string of the molecule is COC(=O)N1CCc2c([nH]c3ccc(OCc4ccccc4)cc23)C1c1ccccc1. The Morgan fingerprint density at radius 2 is 1.77 bits per heavy atom. The second-order valence-corrected chi connectivity index (χ2v) is 7.73. The summed E-state index contributed by atoms with van der Waals surface area (Å²) in [6.07, 6.45) is 0.445. The summed E-state index contributed by atoms with van der Waals surface area (Å²) in [5.74, 6) is 0.838. The summed E-state index contributed by atoms with van der Waals surface area (Å²) in [5, 5.41) is 1.14. The molecule has 0 saturated carbocycles. The smallest absolute Gasteiger partial charge is 0.410 e. The third-order valence-corrected chi connectivity index (χ3v) is 5.87. The first-order chi connectivity index (χ1) is 15.2. The average Bonchev–Trinajstić information content (AvgIpc) is 3.20. The van der Waals surface area contributed by atoms with Crippen LogP contribution in [0.2, 0.25) is 0 Å². The number of hydrogen-bond donors (Lipinski definition) is 1. The highest BCUT2D eigenvalue weighted by molar-refractivity contribution is 5.87. The Labute approximate surface area is 181 Å². The lowest BCUT2D eigenvalue weighted by Crippen LogP contribution is -2.40. The molecule has 0 spiro atoms. The molecule has 1 aliphatic heterocycles. The maximum Gasteiger partial charge on any atom is 0.410 e. The van der Waals surface area contributed by atoms with Crippen LogP contribution < -0.4 is 4.74 Å². The third-order valence-electron chi connectivity index (χ3n) is 5.87. The number of nitrogens with one attached hydrogen (secondary N) is 1. The zero-order chi connectivity index (χ0) is 21.2. The summed E-state index contributed by atoms with van der Waals surface area (Å²) in [4.78, 5) is 17.9. The van der Waals surface area contributed by atoms with Crippen LogP contribution in [0, 0.1) is 0 Å². The molecule has 0 saturated heterocycles. The van der Waals surface area contributed by atoms with Crippen LogP contribution in [0.1, 0.15) is 28.4 Å². The van der Waals surface area contributed by atoms with Crippen molar-refractivity contribution in [3.63, 3.8) is 0 Å². The Kier molecular flexibility index (Phi) is 5.08. The molecule has 31 heavy (non-hydrogen) atoms. The molecule has 1 amide bonds. The van der Waals surface area contributed by atoms with Gasteiger partial charge in [-0.3, -0.25) is 4.90 Å². The number of hydrogen-bond acceptors (Lipinski definition) is 3. The van der Waals surface area contributed by atoms with Gasteiger partial charge in [-0.2, -0.15) is 0 Å². The van der Waals surface area contributed by atoms with Crippen LogP contribution in [0.15, 0.2) is 78.9 Å². The summed E-state index contributed by atoms with van der Waals surface area (Å²) in [7, 11) is 1.43. The van der Waals surface area contributed by atoms with Crippen LogP contribution >= 0.6 is 0 Å². The minimum absolute atomic E-state index is 0.210. The number of aromatic nitrogens is 1. The number of fused-ring (bicyclic) bond motifs is 3. The van der Waals surface area contributed by atoms with Gasteiger partial charge in [-0.05, 0) is 41.3 Å². The van der Waals surface area contributed by atoms with E-state index in [0.717, 1.165) is 39.9 Å². The molecule has 1 N–H and O–H groups in total. The van der Waals surface area contributed by atoms with Crippen molar-refractivity contribution in [3.05, 3.63) is 101 Å². The van der Waals surface area contributed by atoms with E-state index in [9.17, 15) is 4.79 Å². The largest absolute Gasteiger partial charge is 0.489 e. The van der Waals surface area contributed by atoms with Gasteiger partial charge >= 0.3 is 6.09 Å². The Hall–Kier alpha value is -3.73. The lowest BCUT2D eigenvalue weighted by molar-refractivity contribution is 0.108. The van der Waals surface area contributed by atoms with Gasteiger partial charge in [0.05, 0.1) is 7.11 Å². The van der Waals surface area contributed by atoms with Crippen LogP contribution in [-0.4, -0.2) is 29.6 Å². The third kappa shape index (κ3) is 3.63. The van der Waals surface area contributed by atoms with Gasteiger partial charge in [-0.1, -0.05) is 60.7 Å². The van der Waals surface area contributed by atoms with E-state index in [1.54, 1.807) is 4.90 Å². The first-order valence-corrected chi connectivity index (χ1v) is 10.5. The molecular weight excluding hydrogens is 388 g/mol. The van der Waals surface area contributed by atoms with Gasteiger partial charge in [0.25, 0.3) is 0 Å². The summed E-state index contributed by atoms with van der Waals surface area (Å²) in [5.41, 5.74) is 5.51. The summed E-state index contributed by atoms with van der Waals surface area (Å²) >= 11 is 0. The Morgan fingerprint density at radius 1 is 1.03 bits per heavy atom. The minimum atomic E-state index is -0.315. The lowest BCUT2D eigenvalue weighted by atomic mass is 9.93. The van der Waals surface area contributed by atoms with E-state index >= 15 is 0 Å². The van der Waals surface area contributed by atoms with Crippen LogP contribution in [0.25, 0.3) is 10.9 Å². The van der Waals surface area contributed by atoms with E-state index < -0.39 is 0 Å². The molecule has 3 aromatic carbocycles. The number of rotatable bonds is 4. The summed E-state index contributed by atoms with van der Waals surface area (Å²) in [6.45, 7) is 1.13. The van der Waals surface area contributed by atoms with Gasteiger partial charge in [-0.15, -0.1) is 0 Å². The predicted octanol–water partition coefficient (Wildman–Crippen LogP) is 5.46. The van der Waals surface area contributed by atoms with E-state index in [1.807, 2.05) is 42.5 Å². The van der Waals surface area contributed by atoms with E-state index in [1.165, 1.54) is 12.7 Å². The van der Waals surface area contributed by atoms with Crippen LogP contribution in [0.5, 0.6) is 5.75 Å². The van der Waals surface area contributed by atoms with Crippen molar-refractivity contribution >= 4 is 17.0 Å². The molecule has 1 aliphatic rings. The molecule has 5 heteroatoms. The topological polar surface area (TPSA) is 54.6 Å². The number of carbonyl (C=O) groups excluding carboxylic acids is 1. The maximum atomic E-state index is 12.5. The molecular formula is C26H24N2O3. The van der Waals surface area contributed by atoms with Gasteiger partial charge in [0, 0.05) is 23.1 Å². The molecule has 0 radical (unpaired) electrons. The zero-order valence-electron chi connectivity index (χ0n) is 17.4. The van der Waals surface area contributed by atoms with Crippen molar-refractivity contribution in [2.45, 2.75) is 19.1 Å². The van der Waals surface area contributed by atoms with Gasteiger partial charge in [-0.25, -0.2) is 4.79 Å². The van der Waals surface area contributed by atoms with Crippen molar-refractivity contribution in [1.29, 1.82) is 0 Å². The predicted molar refractivity (Wildman–Crippen MR) is 120 cm³/mol. The molecule has 5 rings (SSSR count). The van der Waals surface area contributed by atoms with Gasteiger partial charge in [0.2, 0.25) is 0 Å². The fraction of sp³-hybridized carbons (Fsp3) is 0.192. The maximum absolute atomic E-state index is 12.5. The monoisotopic (exact) mass is 412 g/mol. The molecule has 1 unspecified atom stereocenters. The second-order valence-electron chi connectivity index (χ2n) is 7.73. The molecule has 0 aliphatic carbocycles. The van der Waals surface area contributed by atoms with Crippen LogP contribution in [-0.2, 0) is 17.8 Å². The van der Waals surface area contributed by atoms with E-state index in [2.05, 4.69) is 41.4 Å². The number of carbonyl (C=O) groups is 1. The van der Waals surface area contributed by atoms with Crippen LogP contribution in [0.3, 0.4) is 0 Å². The Balaban J connectivity index is 1.52. The quantitative estimate of drug-likeness (QED) is 0.484. The zero-order valence-corrected chi connectivity index (χ0v) is 17.4. The lowest BCUT2D eigenvalue weighted by Gasteiger charge is -2.35. The van der Waals surface area contributed by atoms with E-state index in [-0.39, 0.29) is 12.1 Å². The fourth-order valence-corrected chi connectivity index (χ4v) is 4.39. The van der Waals surface area contributed by atoms with Crippen molar-refractivity contribution in [1.82, 2.24) is 9.88 Å². The number of nitrogens with zero attached hydrogens (tertiary/aromatic N) is 1. The standard InChI is InChI=1S/C26H24N2O3/c1-30-26(29)28-15-14-21-22-16-20(31-17-18-8-4-2-5-9-18)12-13-23(22)27-24(21)25(28)19-10-6-3-7-11-19/h2-13,16,25,27H,14-15,17H2,1H3. The number of aromatic amines is 1. The van der Waals surface area contributed by atoms with Crippen molar-refractivity contribution < 1.29 is 14.3 Å². The average molecular weight is 412 g/mol. The normalized spacial score (nSPS) is 15.5. The van der Waals surface area contributed by atoms with Crippen molar-refractivity contribution in [2.24, 2.45) is 0 Å². The molecule has 5 nitrogen and oxygen atoms in total. The highest BCUT2D eigenvalue weighted by Crippen LogP contribution is 2.39. The van der Waals surface area contributed by atoms with Gasteiger partial charge in [0.1, 0.15) is 18.4 Å². The number of methoxy groups -OCH3 is 1. The van der Waals surface area contributed by atoms with Crippen LogP contribution in [0.4, 0.5) is 4.79 Å². The van der Waals surface area contributed by atoms with E-state index in [0.29, 0.717) is 13.2 Å². The number of ether oxygens (including phenoxy) is 2. The van der Waals surface area contributed by atoms with Crippen molar-refractivity contribution in [3.8, 4) is 5.75 Å². The summed E-state index contributed by atoms with van der Waals surface area (Å²) < 4.78 is 11.1. The Morgan fingerprint density at radius 3 is 2.52 bits per heavy atom. The highest BCUT2D eigenvalue weighted by atomic mass is 16.5. The molecule has 2 heterocycles. The van der Waals surface area contributed by atoms with Gasteiger partial charge < -0.3 is 14.5 Å². The first kappa shape index (κ1) is 19.2. The fourth-order valence-electron chi connectivity index (χ4n) is 4.39. The van der Waals surface area contributed by atoms with E-state index in [4.69, 9.17) is 9.47 Å². The molecule has 156 valence electrons. The number of benzene rings is 3. The second kappa shape index (κ2) is 8.19. The highest BCUT2D eigenvalue weighted by Gasteiger charge is 2.35. The molecule has 0 bridgehead atoms. The van der Waals surface area contributed by atoms with Crippen molar-refractivity contribution in [2.75, 3.05) is 13.7 Å².